The number of carbonyl (C=O) groups excluding carboxylic acids is 1. The molecule has 0 saturated carbocycles. The van der Waals surface area contributed by atoms with Gasteiger partial charge in [0.1, 0.15) is 0 Å². The summed E-state index contributed by atoms with van der Waals surface area (Å²) in [7, 11) is 0. The van der Waals surface area contributed by atoms with Crippen LogP contribution in [0.25, 0.3) is 0 Å². The molecule has 0 saturated heterocycles. The van der Waals surface area contributed by atoms with E-state index in [9.17, 15) is 4.79 Å². The Morgan fingerprint density at radius 3 is 1.83 bits per heavy atom. The van der Waals surface area contributed by atoms with Gasteiger partial charge >= 0.3 is 0 Å². The largest absolute Gasteiger partial charge is 0.341 e. The Morgan fingerprint density at radius 2 is 1.44 bits per heavy atom. The lowest BCUT2D eigenvalue weighted by Gasteiger charge is -2.25. The van der Waals surface area contributed by atoms with Crippen LogP contribution in [0.15, 0.2) is 0 Å². The Bertz CT molecular complexity index is 197. The Hall–Kier alpha value is -0.570. The average Bonchev–Trinajstić information content (AvgIpc) is 2.37. The van der Waals surface area contributed by atoms with Crippen molar-refractivity contribution >= 4 is 5.91 Å². The lowest BCUT2D eigenvalue weighted by atomic mass is 10.1. The number of nitrogens with two attached hydrogens (primary N) is 1. The second kappa shape index (κ2) is 11.5. The van der Waals surface area contributed by atoms with Gasteiger partial charge in [0.05, 0.1) is 6.04 Å². The summed E-state index contributed by atoms with van der Waals surface area (Å²) in [4.78, 5) is 14.2. The monoisotopic (exact) mass is 256 g/mol. The molecular weight excluding hydrogens is 224 g/mol. The van der Waals surface area contributed by atoms with Gasteiger partial charge < -0.3 is 10.6 Å². The van der Waals surface area contributed by atoms with Gasteiger partial charge in [-0.2, -0.15) is 0 Å². The topological polar surface area (TPSA) is 46.3 Å². The van der Waals surface area contributed by atoms with Crippen molar-refractivity contribution in [1.82, 2.24) is 4.90 Å². The van der Waals surface area contributed by atoms with Crippen molar-refractivity contribution < 1.29 is 4.79 Å². The van der Waals surface area contributed by atoms with E-state index in [0.29, 0.717) is 0 Å². The van der Waals surface area contributed by atoms with E-state index in [2.05, 4.69) is 20.8 Å². The van der Waals surface area contributed by atoms with Crippen molar-refractivity contribution in [3.8, 4) is 0 Å². The van der Waals surface area contributed by atoms with Crippen molar-refractivity contribution in [2.24, 2.45) is 5.73 Å². The molecule has 108 valence electrons. The molecule has 2 N–H and O–H groups in total. The molecule has 0 unspecified atom stereocenters. The fourth-order valence-corrected chi connectivity index (χ4v) is 2.11. The van der Waals surface area contributed by atoms with Crippen LogP contribution in [0.1, 0.15) is 72.1 Å². The summed E-state index contributed by atoms with van der Waals surface area (Å²) in [6.45, 7) is 8.21. The number of nitrogens with zero attached hydrogens (tertiary/aromatic N) is 1. The Labute approximate surface area is 113 Å². The third kappa shape index (κ3) is 7.70. The van der Waals surface area contributed by atoms with Gasteiger partial charge in [0.2, 0.25) is 5.91 Å². The lowest BCUT2D eigenvalue weighted by Crippen LogP contribution is -2.44. The molecule has 0 rings (SSSR count). The van der Waals surface area contributed by atoms with Crippen molar-refractivity contribution in [1.29, 1.82) is 0 Å². The first-order chi connectivity index (χ1) is 8.67. The summed E-state index contributed by atoms with van der Waals surface area (Å²) in [6.07, 6.45) is 8.76. The average molecular weight is 256 g/mol. The van der Waals surface area contributed by atoms with E-state index in [-0.39, 0.29) is 11.9 Å². The zero-order chi connectivity index (χ0) is 13.8. The van der Waals surface area contributed by atoms with Gasteiger partial charge in [-0.05, 0) is 19.3 Å². The van der Waals surface area contributed by atoms with Gasteiger partial charge in [0, 0.05) is 13.1 Å². The van der Waals surface area contributed by atoms with Gasteiger partial charge in [-0.15, -0.1) is 0 Å². The first kappa shape index (κ1) is 17.4. The van der Waals surface area contributed by atoms with Crippen LogP contribution in [0.5, 0.6) is 0 Å². The highest BCUT2D eigenvalue weighted by molar-refractivity contribution is 5.81. The Morgan fingerprint density at radius 1 is 0.944 bits per heavy atom. The van der Waals surface area contributed by atoms with Crippen molar-refractivity contribution in [2.75, 3.05) is 13.1 Å². The number of hydrogen-bond donors (Lipinski definition) is 1. The summed E-state index contributed by atoms with van der Waals surface area (Å²) >= 11 is 0. The van der Waals surface area contributed by atoms with Crippen LogP contribution in [0, 0.1) is 0 Å². The molecule has 1 atom stereocenters. The van der Waals surface area contributed by atoms with E-state index in [4.69, 9.17) is 5.73 Å². The molecule has 3 nitrogen and oxygen atoms in total. The molecule has 0 fully saturated rings. The van der Waals surface area contributed by atoms with Gasteiger partial charge in [-0.3, -0.25) is 4.79 Å². The van der Waals surface area contributed by atoms with Crippen LogP contribution in [0.3, 0.4) is 0 Å². The van der Waals surface area contributed by atoms with Crippen LogP contribution in [-0.2, 0) is 4.79 Å². The minimum absolute atomic E-state index is 0.157. The zero-order valence-electron chi connectivity index (χ0n) is 12.6. The summed E-state index contributed by atoms with van der Waals surface area (Å²) in [6, 6.07) is -0.293. The van der Waals surface area contributed by atoms with Crippen LogP contribution in [-0.4, -0.2) is 29.9 Å². The fraction of sp³-hybridized carbons (Fsp3) is 0.933. The van der Waals surface area contributed by atoms with Crippen LogP contribution in [0.4, 0.5) is 0 Å². The SMILES string of the molecule is CCCCCN(CCCCC)C(=O)[C@H](N)CCC. The van der Waals surface area contributed by atoms with Gasteiger partial charge in [-0.1, -0.05) is 52.9 Å². The summed E-state index contributed by atoms with van der Waals surface area (Å²) in [5.41, 5.74) is 5.95. The molecule has 0 aliphatic heterocycles. The van der Waals surface area contributed by atoms with Crippen LogP contribution >= 0.6 is 0 Å². The molecule has 0 aromatic rings. The highest BCUT2D eigenvalue weighted by Crippen LogP contribution is 2.06. The summed E-state index contributed by atoms with van der Waals surface area (Å²) in [5.74, 6) is 0.157. The number of carbonyl (C=O) groups is 1. The second-order valence-corrected chi connectivity index (χ2v) is 5.13. The van der Waals surface area contributed by atoms with E-state index >= 15 is 0 Å². The van der Waals surface area contributed by atoms with E-state index in [1.54, 1.807) is 0 Å². The molecular formula is C15H32N2O. The van der Waals surface area contributed by atoms with Gasteiger partial charge in [0.25, 0.3) is 0 Å². The van der Waals surface area contributed by atoms with Crippen LogP contribution in [0.2, 0.25) is 0 Å². The predicted molar refractivity (Wildman–Crippen MR) is 78.5 cm³/mol. The first-order valence-corrected chi connectivity index (χ1v) is 7.71. The molecule has 0 aromatic carbocycles. The van der Waals surface area contributed by atoms with Crippen molar-refractivity contribution in [2.45, 2.75) is 78.2 Å². The quantitative estimate of drug-likeness (QED) is 0.576. The number of rotatable bonds is 11. The molecule has 3 heteroatoms. The Balaban J connectivity index is 4.19. The fourth-order valence-electron chi connectivity index (χ4n) is 2.11. The number of hydrogen-bond acceptors (Lipinski definition) is 2. The maximum absolute atomic E-state index is 12.2. The number of amides is 1. The zero-order valence-corrected chi connectivity index (χ0v) is 12.6. The smallest absolute Gasteiger partial charge is 0.239 e. The standard InChI is InChI=1S/C15H32N2O/c1-4-7-9-12-17(13-10-8-5-2)15(18)14(16)11-6-3/h14H,4-13,16H2,1-3H3/t14-/m1/s1. The van der Waals surface area contributed by atoms with Crippen molar-refractivity contribution in [3.05, 3.63) is 0 Å². The van der Waals surface area contributed by atoms with Gasteiger partial charge in [-0.25, -0.2) is 0 Å². The highest BCUT2D eigenvalue weighted by Gasteiger charge is 2.19. The third-order valence-corrected chi connectivity index (χ3v) is 3.29. The highest BCUT2D eigenvalue weighted by atomic mass is 16.2. The van der Waals surface area contributed by atoms with E-state index in [1.807, 2.05) is 4.90 Å². The molecule has 0 aliphatic carbocycles. The molecule has 0 bridgehead atoms. The summed E-state index contributed by atoms with van der Waals surface area (Å²) in [5, 5.41) is 0. The maximum atomic E-state index is 12.2. The minimum Gasteiger partial charge on any atom is -0.341 e. The van der Waals surface area contributed by atoms with Crippen molar-refractivity contribution in [3.63, 3.8) is 0 Å². The molecule has 1 amide bonds. The van der Waals surface area contributed by atoms with E-state index < -0.39 is 0 Å². The van der Waals surface area contributed by atoms with E-state index in [1.165, 1.54) is 25.7 Å². The van der Waals surface area contributed by atoms with E-state index in [0.717, 1.165) is 38.8 Å². The number of unbranched alkanes of at least 4 members (excludes halogenated alkanes) is 4. The lowest BCUT2D eigenvalue weighted by molar-refractivity contribution is -0.133. The molecule has 0 heterocycles. The Kier molecular flexibility index (Phi) is 11.2. The molecule has 0 aliphatic rings. The molecule has 0 spiro atoms. The normalized spacial score (nSPS) is 12.4. The molecule has 18 heavy (non-hydrogen) atoms. The summed E-state index contributed by atoms with van der Waals surface area (Å²) < 4.78 is 0. The van der Waals surface area contributed by atoms with Crippen LogP contribution < -0.4 is 5.73 Å². The predicted octanol–water partition coefficient (Wildman–Crippen LogP) is 3.32. The molecule has 0 aromatic heterocycles. The van der Waals surface area contributed by atoms with Gasteiger partial charge in [0.15, 0.2) is 0 Å². The first-order valence-electron chi connectivity index (χ1n) is 7.71. The second-order valence-electron chi connectivity index (χ2n) is 5.13. The molecule has 0 radical (unpaired) electrons. The third-order valence-electron chi connectivity index (χ3n) is 3.29. The maximum Gasteiger partial charge on any atom is 0.239 e. The minimum atomic E-state index is -0.293.